The van der Waals surface area contributed by atoms with Crippen LogP contribution in [-0.2, 0) is 17.9 Å². The molecule has 0 saturated heterocycles. The van der Waals surface area contributed by atoms with Crippen LogP contribution in [-0.4, -0.2) is 23.1 Å². The number of anilines is 2. The Morgan fingerprint density at radius 3 is 2.95 bits per heavy atom. The van der Waals surface area contributed by atoms with E-state index < -0.39 is 0 Å². The predicted octanol–water partition coefficient (Wildman–Crippen LogP) is 1.67. The van der Waals surface area contributed by atoms with Gasteiger partial charge in [-0.25, -0.2) is 15.8 Å². The second kappa shape index (κ2) is 6.11. The molecule has 2 heterocycles. The first-order valence-corrected chi connectivity index (χ1v) is 6.92. The molecule has 3 rings (SSSR count). The summed E-state index contributed by atoms with van der Waals surface area (Å²) in [4.78, 5) is 11.1. The predicted molar refractivity (Wildman–Crippen MR) is 78.5 cm³/mol. The molecule has 0 unspecified atom stereocenters. The van der Waals surface area contributed by atoms with Crippen molar-refractivity contribution in [2.24, 2.45) is 5.84 Å². The number of rotatable bonds is 7. The van der Waals surface area contributed by atoms with Gasteiger partial charge in [0.2, 0.25) is 0 Å². The van der Waals surface area contributed by atoms with Crippen LogP contribution in [0.5, 0.6) is 0 Å². The summed E-state index contributed by atoms with van der Waals surface area (Å²) < 4.78 is 10.6. The van der Waals surface area contributed by atoms with Gasteiger partial charge < -0.3 is 19.5 Å². The SMILES string of the molecule is COCc1nc(NN)cc(N(Cc2ccco2)C2CC2)n1. The van der Waals surface area contributed by atoms with Gasteiger partial charge in [-0.3, -0.25) is 0 Å². The van der Waals surface area contributed by atoms with Crippen molar-refractivity contribution in [1.29, 1.82) is 0 Å². The number of hydrogen-bond acceptors (Lipinski definition) is 7. The molecule has 0 atom stereocenters. The molecule has 0 amide bonds. The Bertz CT molecular complexity index is 583. The van der Waals surface area contributed by atoms with Crippen LogP contribution < -0.4 is 16.2 Å². The number of hydrogen-bond donors (Lipinski definition) is 2. The molecule has 0 aliphatic heterocycles. The lowest BCUT2D eigenvalue weighted by Crippen LogP contribution is -2.27. The highest BCUT2D eigenvalue weighted by Gasteiger charge is 2.31. The van der Waals surface area contributed by atoms with Gasteiger partial charge in [0.15, 0.2) is 5.82 Å². The van der Waals surface area contributed by atoms with Gasteiger partial charge in [-0.1, -0.05) is 0 Å². The van der Waals surface area contributed by atoms with Gasteiger partial charge in [0.05, 0.1) is 12.8 Å². The molecule has 1 aliphatic carbocycles. The van der Waals surface area contributed by atoms with E-state index in [2.05, 4.69) is 20.3 Å². The van der Waals surface area contributed by atoms with Gasteiger partial charge in [-0.05, 0) is 25.0 Å². The van der Waals surface area contributed by atoms with Gasteiger partial charge in [0.1, 0.15) is 24.0 Å². The van der Waals surface area contributed by atoms with Gasteiger partial charge in [0, 0.05) is 19.2 Å². The maximum Gasteiger partial charge on any atom is 0.158 e. The lowest BCUT2D eigenvalue weighted by molar-refractivity contribution is 0.178. The van der Waals surface area contributed by atoms with Gasteiger partial charge in [0.25, 0.3) is 0 Å². The molecule has 21 heavy (non-hydrogen) atoms. The summed E-state index contributed by atoms with van der Waals surface area (Å²) >= 11 is 0. The molecule has 0 bridgehead atoms. The first-order chi connectivity index (χ1) is 10.3. The number of methoxy groups -OCH3 is 1. The third-order valence-corrected chi connectivity index (χ3v) is 3.37. The molecule has 1 fully saturated rings. The van der Waals surface area contributed by atoms with Crippen LogP contribution in [0.4, 0.5) is 11.6 Å². The maximum absolute atomic E-state index is 5.49. The van der Waals surface area contributed by atoms with E-state index in [-0.39, 0.29) is 0 Å². The second-order valence-electron chi connectivity index (χ2n) is 5.04. The zero-order chi connectivity index (χ0) is 14.7. The fraction of sp³-hybridized carbons (Fsp3) is 0.429. The lowest BCUT2D eigenvalue weighted by atomic mass is 10.3. The van der Waals surface area contributed by atoms with Crippen molar-refractivity contribution >= 4 is 11.6 Å². The number of aromatic nitrogens is 2. The normalized spacial score (nSPS) is 14.2. The summed E-state index contributed by atoms with van der Waals surface area (Å²) in [5.41, 5.74) is 2.58. The van der Waals surface area contributed by atoms with E-state index in [1.807, 2.05) is 18.2 Å². The molecular weight excluding hydrogens is 270 g/mol. The number of furan rings is 1. The number of ether oxygens (including phenoxy) is 1. The van der Waals surface area contributed by atoms with Crippen molar-refractivity contribution in [2.75, 3.05) is 17.4 Å². The highest BCUT2D eigenvalue weighted by molar-refractivity contribution is 5.50. The molecule has 0 radical (unpaired) electrons. The van der Waals surface area contributed by atoms with Crippen LogP contribution in [0.2, 0.25) is 0 Å². The number of nitrogens with one attached hydrogen (secondary N) is 1. The van der Waals surface area contributed by atoms with E-state index in [4.69, 9.17) is 15.0 Å². The van der Waals surface area contributed by atoms with Crippen molar-refractivity contribution in [2.45, 2.75) is 32.0 Å². The van der Waals surface area contributed by atoms with Crippen molar-refractivity contribution in [3.8, 4) is 0 Å². The summed E-state index contributed by atoms with van der Waals surface area (Å²) in [7, 11) is 1.62. The molecule has 112 valence electrons. The van der Waals surface area contributed by atoms with E-state index in [0.29, 0.717) is 30.8 Å². The quantitative estimate of drug-likeness (QED) is 0.592. The molecule has 7 heteroatoms. The molecule has 0 aromatic carbocycles. The summed E-state index contributed by atoms with van der Waals surface area (Å²) in [5, 5.41) is 0. The topological polar surface area (TPSA) is 89.4 Å². The number of hydrazine groups is 1. The minimum Gasteiger partial charge on any atom is -0.467 e. The Morgan fingerprint density at radius 1 is 1.48 bits per heavy atom. The van der Waals surface area contributed by atoms with E-state index in [1.54, 1.807) is 13.4 Å². The first-order valence-electron chi connectivity index (χ1n) is 6.92. The minimum absolute atomic E-state index is 0.349. The Hall–Kier alpha value is -2.12. The van der Waals surface area contributed by atoms with Crippen LogP contribution in [0.1, 0.15) is 24.4 Å². The summed E-state index contributed by atoms with van der Waals surface area (Å²) in [6.07, 6.45) is 4.01. The monoisotopic (exact) mass is 289 g/mol. The third-order valence-electron chi connectivity index (χ3n) is 3.37. The van der Waals surface area contributed by atoms with Crippen LogP contribution >= 0.6 is 0 Å². The fourth-order valence-corrected chi connectivity index (χ4v) is 2.25. The lowest BCUT2D eigenvalue weighted by Gasteiger charge is -2.23. The van der Waals surface area contributed by atoms with Crippen LogP contribution in [0, 0.1) is 0 Å². The molecule has 3 N–H and O–H groups in total. The largest absolute Gasteiger partial charge is 0.467 e. The molecule has 7 nitrogen and oxygen atoms in total. The molecule has 1 aliphatic rings. The Balaban J connectivity index is 1.88. The Morgan fingerprint density at radius 2 is 2.33 bits per heavy atom. The average molecular weight is 289 g/mol. The van der Waals surface area contributed by atoms with E-state index in [0.717, 1.165) is 24.4 Å². The third kappa shape index (κ3) is 3.32. The maximum atomic E-state index is 5.49. The van der Waals surface area contributed by atoms with Gasteiger partial charge >= 0.3 is 0 Å². The van der Waals surface area contributed by atoms with Crippen molar-refractivity contribution in [1.82, 2.24) is 9.97 Å². The number of nitrogens with zero attached hydrogens (tertiary/aromatic N) is 3. The Labute approximate surface area is 123 Å². The molecule has 2 aromatic heterocycles. The molecule has 2 aromatic rings. The standard InChI is InChI=1S/C14H19N5O2/c1-20-9-13-16-12(18-15)7-14(17-13)19(10-4-5-10)8-11-3-2-6-21-11/h2-3,6-7,10H,4-5,8-9,15H2,1H3,(H,16,17,18). The molecular formula is C14H19N5O2. The van der Waals surface area contributed by atoms with E-state index in [9.17, 15) is 0 Å². The van der Waals surface area contributed by atoms with Crippen molar-refractivity contribution in [3.05, 3.63) is 36.0 Å². The highest BCUT2D eigenvalue weighted by atomic mass is 16.5. The van der Waals surface area contributed by atoms with E-state index >= 15 is 0 Å². The number of nitrogens with two attached hydrogens (primary N) is 1. The highest BCUT2D eigenvalue weighted by Crippen LogP contribution is 2.33. The van der Waals surface area contributed by atoms with Crippen molar-refractivity contribution in [3.63, 3.8) is 0 Å². The van der Waals surface area contributed by atoms with Crippen LogP contribution in [0.15, 0.2) is 28.9 Å². The molecule has 0 spiro atoms. The second-order valence-corrected chi connectivity index (χ2v) is 5.04. The fourth-order valence-electron chi connectivity index (χ4n) is 2.25. The van der Waals surface area contributed by atoms with Gasteiger partial charge in [-0.2, -0.15) is 0 Å². The van der Waals surface area contributed by atoms with Crippen LogP contribution in [0.3, 0.4) is 0 Å². The zero-order valence-electron chi connectivity index (χ0n) is 12.0. The van der Waals surface area contributed by atoms with Crippen molar-refractivity contribution < 1.29 is 9.15 Å². The number of nitrogen functional groups attached to an aromatic ring is 1. The van der Waals surface area contributed by atoms with E-state index in [1.165, 1.54) is 0 Å². The van der Waals surface area contributed by atoms with Gasteiger partial charge in [-0.15, -0.1) is 0 Å². The summed E-state index contributed by atoms with van der Waals surface area (Å²) in [6, 6.07) is 6.20. The summed E-state index contributed by atoms with van der Waals surface area (Å²) in [6.45, 7) is 1.03. The minimum atomic E-state index is 0.349. The molecule has 1 saturated carbocycles. The zero-order valence-corrected chi connectivity index (χ0v) is 12.0. The Kier molecular flexibility index (Phi) is 4.03. The smallest absolute Gasteiger partial charge is 0.158 e. The first kappa shape index (κ1) is 13.8. The average Bonchev–Trinajstić information content (AvgIpc) is 3.21. The summed E-state index contributed by atoms with van der Waals surface area (Å²) in [5.74, 6) is 8.43. The van der Waals surface area contributed by atoms with Crippen LogP contribution in [0.25, 0.3) is 0 Å².